The van der Waals surface area contributed by atoms with E-state index >= 15 is 0 Å². The third-order valence-corrected chi connectivity index (χ3v) is 3.54. The van der Waals surface area contributed by atoms with Gasteiger partial charge >= 0.3 is 0 Å². The second kappa shape index (κ2) is 6.63. The van der Waals surface area contributed by atoms with E-state index in [-0.39, 0.29) is 17.5 Å². The predicted molar refractivity (Wildman–Crippen MR) is 79.4 cm³/mol. The van der Waals surface area contributed by atoms with Gasteiger partial charge in [-0.2, -0.15) is 0 Å². The molecule has 0 N–H and O–H groups in total. The summed E-state index contributed by atoms with van der Waals surface area (Å²) in [5.74, 6) is 0.720. The zero-order valence-electron chi connectivity index (χ0n) is 12.2. The Labute approximate surface area is 128 Å². The topological polar surface area (TPSA) is 55.6 Å². The fourth-order valence-corrected chi connectivity index (χ4v) is 2.22. The van der Waals surface area contributed by atoms with Crippen LogP contribution in [0.25, 0.3) is 0 Å². The first kappa shape index (κ1) is 15.4. The van der Waals surface area contributed by atoms with Crippen LogP contribution in [0.3, 0.4) is 0 Å². The lowest BCUT2D eigenvalue weighted by molar-refractivity contribution is -0.129. The predicted octanol–water partition coefficient (Wildman–Crippen LogP) is 2.85. The van der Waals surface area contributed by atoms with Crippen molar-refractivity contribution >= 4 is 17.5 Å². The second-order valence-corrected chi connectivity index (χ2v) is 5.14. The minimum absolute atomic E-state index is 0.0500. The molecule has 2 aromatic rings. The van der Waals surface area contributed by atoms with Gasteiger partial charge in [0.25, 0.3) is 0 Å². The molecule has 1 heterocycles. The van der Waals surface area contributed by atoms with E-state index in [2.05, 4.69) is 5.16 Å². The number of aryl methyl sites for hydroxylation is 1. The number of carbonyl (C=O) groups excluding carboxylic acids is 1. The Hall–Kier alpha value is -2.01. The summed E-state index contributed by atoms with van der Waals surface area (Å²) in [7, 11) is 3.36. The number of amides is 1. The molecule has 0 bridgehead atoms. The Morgan fingerprint density at radius 2 is 2.24 bits per heavy atom. The van der Waals surface area contributed by atoms with E-state index in [4.69, 9.17) is 20.9 Å². The molecule has 0 aliphatic heterocycles. The number of benzene rings is 1. The smallest absolute Gasteiger partial charge is 0.229 e. The summed E-state index contributed by atoms with van der Waals surface area (Å²) >= 11 is 5.88. The summed E-state index contributed by atoms with van der Waals surface area (Å²) in [5.41, 5.74) is 2.28. The van der Waals surface area contributed by atoms with E-state index in [1.807, 2.05) is 24.3 Å². The van der Waals surface area contributed by atoms with Crippen molar-refractivity contribution in [3.05, 3.63) is 46.3 Å². The van der Waals surface area contributed by atoms with Crippen molar-refractivity contribution in [1.82, 2.24) is 10.1 Å². The van der Waals surface area contributed by atoms with Gasteiger partial charge in [-0.15, -0.1) is 0 Å². The molecule has 0 saturated carbocycles. The highest BCUT2D eigenvalue weighted by atomic mass is 35.5. The Bertz CT molecular complexity index is 620. The summed E-state index contributed by atoms with van der Waals surface area (Å²) in [5, 5.41) is 3.92. The van der Waals surface area contributed by atoms with Crippen LogP contribution in [0.4, 0.5) is 0 Å². The summed E-state index contributed by atoms with van der Waals surface area (Å²) in [6, 6.07) is 7.62. The maximum atomic E-state index is 12.2. The van der Waals surface area contributed by atoms with Gasteiger partial charge in [0.15, 0.2) is 0 Å². The average Bonchev–Trinajstić information content (AvgIpc) is 2.79. The lowest BCUT2D eigenvalue weighted by Gasteiger charge is -2.17. The zero-order chi connectivity index (χ0) is 15.4. The number of aromatic nitrogens is 1. The number of likely N-dealkylation sites (N-methyl/N-ethyl adjacent to an activating group) is 1. The highest BCUT2D eigenvalue weighted by Gasteiger charge is 2.17. The molecule has 0 spiro atoms. The fraction of sp³-hybridized carbons (Fsp3) is 0.333. The van der Waals surface area contributed by atoms with Crippen LogP contribution in [0.2, 0.25) is 5.22 Å². The third-order valence-electron chi connectivity index (χ3n) is 3.24. The van der Waals surface area contributed by atoms with Gasteiger partial charge in [-0.3, -0.25) is 4.79 Å². The van der Waals surface area contributed by atoms with Gasteiger partial charge in [-0.25, -0.2) is 0 Å². The molecule has 0 saturated heterocycles. The van der Waals surface area contributed by atoms with Gasteiger partial charge < -0.3 is 14.2 Å². The van der Waals surface area contributed by atoms with Crippen molar-refractivity contribution in [2.45, 2.75) is 19.9 Å². The SMILES string of the molecule is COc1cccc(CN(C)C(=O)Cc2c(C)noc2Cl)c1. The van der Waals surface area contributed by atoms with Crippen LogP contribution < -0.4 is 4.74 Å². The second-order valence-electron chi connectivity index (χ2n) is 4.80. The van der Waals surface area contributed by atoms with E-state index in [9.17, 15) is 4.79 Å². The van der Waals surface area contributed by atoms with Crippen LogP contribution in [-0.2, 0) is 17.8 Å². The summed E-state index contributed by atoms with van der Waals surface area (Å²) < 4.78 is 10.0. The molecule has 0 atom stereocenters. The Morgan fingerprint density at radius 3 is 2.86 bits per heavy atom. The monoisotopic (exact) mass is 308 g/mol. The first-order valence-corrected chi connectivity index (χ1v) is 6.86. The molecule has 0 aliphatic carbocycles. The number of nitrogens with zero attached hydrogens (tertiary/aromatic N) is 2. The van der Waals surface area contributed by atoms with Gasteiger partial charge in [0, 0.05) is 19.2 Å². The molecule has 21 heavy (non-hydrogen) atoms. The molecular weight excluding hydrogens is 292 g/mol. The molecular formula is C15H17ClN2O3. The van der Waals surface area contributed by atoms with Gasteiger partial charge in [0.2, 0.25) is 11.1 Å². The first-order chi connectivity index (χ1) is 10.0. The Morgan fingerprint density at radius 1 is 1.48 bits per heavy atom. The fourth-order valence-electron chi connectivity index (χ4n) is 1.98. The molecule has 5 nitrogen and oxygen atoms in total. The Balaban J connectivity index is 2.02. The van der Waals surface area contributed by atoms with Crippen molar-refractivity contribution in [1.29, 1.82) is 0 Å². The molecule has 1 aromatic heterocycles. The molecule has 1 amide bonds. The van der Waals surface area contributed by atoms with Crippen molar-refractivity contribution < 1.29 is 14.1 Å². The van der Waals surface area contributed by atoms with Crippen molar-refractivity contribution in [3.63, 3.8) is 0 Å². The van der Waals surface area contributed by atoms with E-state index < -0.39 is 0 Å². The number of hydrogen-bond acceptors (Lipinski definition) is 4. The number of carbonyl (C=O) groups is 1. The summed E-state index contributed by atoms with van der Waals surface area (Å²) in [6.07, 6.45) is 0.175. The van der Waals surface area contributed by atoms with E-state index in [1.54, 1.807) is 26.0 Å². The normalized spacial score (nSPS) is 10.5. The van der Waals surface area contributed by atoms with E-state index in [0.29, 0.717) is 17.8 Å². The van der Waals surface area contributed by atoms with Gasteiger partial charge in [0.05, 0.1) is 19.2 Å². The number of methoxy groups -OCH3 is 1. The van der Waals surface area contributed by atoms with Crippen LogP contribution >= 0.6 is 11.6 Å². The van der Waals surface area contributed by atoms with E-state index in [1.165, 1.54) is 0 Å². The number of hydrogen-bond donors (Lipinski definition) is 0. The largest absolute Gasteiger partial charge is 0.497 e. The molecule has 2 rings (SSSR count). The van der Waals surface area contributed by atoms with Crippen molar-refractivity contribution in [3.8, 4) is 5.75 Å². The average molecular weight is 309 g/mol. The highest BCUT2D eigenvalue weighted by Crippen LogP contribution is 2.20. The zero-order valence-corrected chi connectivity index (χ0v) is 13.0. The van der Waals surface area contributed by atoms with Crippen LogP contribution in [0, 0.1) is 6.92 Å². The standard InChI is InChI=1S/C15H17ClN2O3/c1-10-13(15(16)21-17-10)8-14(19)18(2)9-11-5-4-6-12(7-11)20-3/h4-7H,8-9H2,1-3H3. The summed E-state index contributed by atoms with van der Waals surface area (Å²) in [4.78, 5) is 13.9. The maximum Gasteiger partial charge on any atom is 0.229 e. The molecule has 0 unspecified atom stereocenters. The van der Waals surface area contributed by atoms with Crippen LogP contribution in [0.15, 0.2) is 28.8 Å². The van der Waals surface area contributed by atoms with Gasteiger partial charge in [0.1, 0.15) is 5.75 Å². The molecule has 112 valence electrons. The molecule has 0 radical (unpaired) electrons. The third kappa shape index (κ3) is 3.76. The molecule has 1 aromatic carbocycles. The number of rotatable bonds is 5. The minimum atomic E-state index is -0.0500. The highest BCUT2D eigenvalue weighted by molar-refractivity contribution is 6.29. The summed E-state index contributed by atoms with van der Waals surface area (Å²) in [6.45, 7) is 2.26. The number of halogens is 1. The minimum Gasteiger partial charge on any atom is -0.497 e. The van der Waals surface area contributed by atoms with Crippen LogP contribution in [0.5, 0.6) is 5.75 Å². The lowest BCUT2D eigenvalue weighted by Crippen LogP contribution is -2.27. The van der Waals surface area contributed by atoms with Crippen molar-refractivity contribution in [2.75, 3.05) is 14.2 Å². The van der Waals surface area contributed by atoms with Gasteiger partial charge in [-0.05, 0) is 36.2 Å². The van der Waals surface area contributed by atoms with Crippen molar-refractivity contribution in [2.24, 2.45) is 0 Å². The Kier molecular flexibility index (Phi) is 4.85. The van der Waals surface area contributed by atoms with Gasteiger partial charge in [-0.1, -0.05) is 17.3 Å². The first-order valence-electron chi connectivity index (χ1n) is 6.48. The molecule has 6 heteroatoms. The molecule has 0 aliphatic rings. The molecule has 0 fully saturated rings. The van der Waals surface area contributed by atoms with E-state index in [0.717, 1.165) is 11.3 Å². The maximum absolute atomic E-state index is 12.2. The quantitative estimate of drug-likeness (QED) is 0.852. The number of ether oxygens (including phenoxy) is 1. The van der Waals surface area contributed by atoms with Crippen LogP contribution in [-0.4, -0.2) is 30.1 Å². The lowest BCUT2D eigenvalue weighted by atomic mass is 10.1. The van der Waals surface area contributed by atoms with Crippen LogP contribution in [0.1, 0.15) is 16.8 Å².